The lowest BCUT2D eigenvalue weighted by Crippen LogP contribution is -2.19. The summed E-state index contributed by atoms with van der Waals surface area (Å²) in [4.78, 5) is 8.61. The first kappa shape index (κ1) is 10.8. The number of hydrogen-bond donors (Lipinski definition) is 2. The Morgan fingerprint density at radius 3 is 2.59 bits per heavy atom. The Balaban J connectivity index is 1.72. The number of nitrogens with one attached hydrogen (secondary N) is 1. The van der Waals surface area contributed by atoms with Gasteiger partial charge in [0.1, 0.15) is 17.5 Å². The summed E-state index contributed by atoms with van der Waals surface area (Å²) in [5, 5.41) is 3.49. The van der Waals surface area contributed by atoms with Gasteiger partial charge in [0.25, 0.3) is 0 Å². The molecule has 1 aromatic heterocycles. The fraction of sp³-hybridized carbons (Fsp3) is 0.692. The number of nitrogen functional groups attached to an aromatic ring is 1. The van der Waals surface area contributed by atoms with Gasteiger partial charge in [-0.1, -0.05) is 0 Å². The van der Waals surface area contributed by atoms with Crippen molar-refractivity contribution in [3.05, 3.63) is 11.4 Å². The van der Waals surface area contributed by atoms with Crippen molar-refractivity contribution in [2.24, 2.45) is 11.3 Å². The molecule has 0 amide bonds. The molecule has 0 atom stereocenters. The van der Waals surface area contributed by atoms with Crippen LogP contribution in [0.25, 0.3) is 0 Å². The molecule has 4 nitrogen and oxygen atoms in total. The van der Waals surface area contributed by atoms with Crippen molar-refractivity contribution in [1.29, 1.82) is 0 Å². The second kappa shape index (κ2) is 3.59. The van der Waals surface area contributed by atoms with Crippen molar-refractivity contribution in [1.82, 2.24) is 9.97 Å². The molecule has 0 unspecified atom stereocenters. The fourth-order valence-electron chi connectivity index (χ4n) is 2.67. The van der Waals surface area contributed by atoms with E-state index in [2.05, 4.69) is 15.3 Å². The van der Waals surface area contributed by atoms with E-state index in [0.717, 1.165) is 29.7 Å². The summed E-state index contributed by atoms with van der Waals surface area (Å²) in [6, 6.07) is 0. The van der Waals surface area contributed by atoms with Crippen molar-refractivity contribution < 1.29 is 0 Å². The molecule has 1 heterocycles. The first-order chi connectivity index (χ1) is 8.11. The quantitative estimate of drug-likeness (QED) is 0.836. The Kier molecular flexibility index (Phi) is 2.28. The highest BCUT2D eigenvalue weighted by atomic mass is 15.1. The highest BCUT2D eigenvalue weighted by Crippen LogP contribution is 2.61. The molecule has 17 heavy (non-hydrogen) atoms. The Labute approximate surface area is 102 Å². The second-order valence-electron chi connectivity index (χ2n) is 5.62. The van der Waals surface area contributed by atoms with E-state index in [1.807, 2.05) is 13.8 Å². The summed E-state index contributed by atoms with van der Waals surface area (Å²) >= 11 is 0. The highest BCUT2D eigenvalue weighted by molar-refractivity contribution is 5.54. The molecule has 0 spiro atoms. The van der Waals surface area contributed by atoms with Crippen LogP contribution in [0.15, 0.2) is 0 Å². The largest absolute Gasteiger partial charge is 0.383 e. The van der Waals surface area contributed by atoms with Crippen LogP contribution in [0.3, 0.4) is 0 Å². The SMILES string of the molecule is Cc1nc(N)c(C)c(NCC2(C3CC3)CC2)n1. The van der Waals surface area contributed by atoms with Crippen LogP contribution in [-0.2, 0) is 0 Å². The minimum absolute atomic E-state index is 0.583. The maximum absolute atomic E-state index is 5.86. The van der Waals surface area contributed by atoms with Gasteiger partial charge < -0.3 is 11.1 Å². The fourth-order valence-corrected chi connectivity index (χ4v) is 2.67. The number of nitrogens with two attached hydrogens (primary N) is 1. The van der Waals surface area contributed by atoms with E-state index >= 15 is 0 Å². The molecule has 4 heteroatoms. The third-order valence-corrected chi connectivity index (χ3v) is 4.24. The molecule has 2 aliphatic carbocycles. The van der Waals surface area contributed by atoms with Gasteiger partial charge in [-0.2, -0.15) is 0 Å². The number of nitrogens with zero attached hydrogens (tertiary/aromatic N) is 2. The van der Waals surface area contributed by atoms with E-state index < -0.39 is 0 Å². The second-order valence-corrected chi connectivity index (χ2v) is 5.62. The van der Waals surface area contributed by atoms with Crippen LogP contribution in [-0.4, -0.2) is 16.5 Å². The Morgan fingerprint density at radius 2 is 2.00 bits per heavy atom. The standard InChI is InChI=1S/C13H20N4/c1-8-11(14)16-9(2)17-12(8)15-7-13(5-6-13)10-3-4-10/h10H,3-7H2,1-2H3,(H3,14,15,16,17). The molecule has 3 rings (SSSR count). The van der Waals surface area contributed by atoms with Gasteiger partial charge >= 0.3 is 0 Å². The molecule has 3 N–H and O–H groups in total. The number of anilines is 2. The normalized spacial score (nSPS) is 21.3. The molecule has 92 valence electrons. The summed E-state index contributed by atoms with van der Waals surface area (Å²) in [6.07, 6.45) is 5.60. The molecule has 1 aromatic rings. The average Bonchev–Trinajstić information content (AvgIpc) is 3.14. The Hall–Kier alpha value is -1.32. The Bertz CT molecular complexity index is 447. The van der Waals surface area contributed by atoms with E-state index in [4.69, 9.17) is 5.73 Å². The number of aromatic nitrogens is 2. The molecule has 2 aliphatic rings. The maximum Gasteiger partial charge on any atom is 0.134 e. The zero-order valence-corrected chi connectivity index (χ0v) is 10.6. The van der Waals surface area contributed by atoms with Gasteiger partial charge in [-0.25, -0.2) is 9.97 Å². The van der Waals surface area contributed by atoms with Crippen LogP contribution in [0, 0.1) is 25.2 Å². The van der Waals surface area contributed by atoms with Crippen LogP contribution in [0.4, 0.5) is 11.6 Å². The predicted octanol–water partition coefficient (Wildman–Crippen LogP) is 2.28. The van der Waals surface area contributed by atoms with Crippen molar-refractivity contribution in [2.45, 2.75) is 39.5 Å². The van der Waals surface area contributed by atoms with Crippen molar-refractivity contribution in [3.8, 4) is 0 Å². The minimum Gasteiger partial charge on any atom is -0.383 e. The van der Waals surface area contributed by atoms with Crippen LogP contribution >= 0.6 is 0 Å². The summed E-state index contributed by atoms with van der Waals surface area (Å²) in [5.41, 5.74) is 7.42. The van der Waals surface area contributed by atoms with Gasteiger partial charge in [-0.3, -0.25) is 0 Å². The van der Waals surface area contributed by atoms with E-state index in [-0.39, 0.29) is 0 Å². The van der Waals surface area contributed by atoms with Gasteiger partial charge in [0, 0.05) is 12.1 Å². The number of aryl methyl sites for hydroxylation is 1. The van der Waals surface area contributed by atoms with E-state index in [0.29, 0.717) is 11.2 Å². The smallest absolute Gasteiger partial charge is 0.134 e. The van der Waals surface area contributed by atoms with E-state index in [1.165, 1.54) is 25.7 Å². The first-order valence-corrected chi connectivity index (χ1v) is 6.45. The number of hydrogen-bond acceptors (Lipinski definition) is 4. The zero-order valence-electron chi connectivity index (χ0n) is 10.6. The minimum atomic E-state index is 0.583. The summed E-state index contributed by atoms with van der Waals surface area (Å²) in [5.74, 6) is 3.22. The third kappa shape index (κ3) is 1.96. The lowest BCUT2D eigenvalue weighted by Gasteiger charge is -2.17. The maximum atomic E-state index is 5.86. The first-order valence-electron chi connectivity index (χ1n) is 6.45. The molecule has 0 bridgehead atoms. The van der Waals surface area contributed by atoms with Crippen LogP contribution in [0.1, 0.15) is 37.1 Å². The third-order valence-electron chi connectivity index (χ3n) is 4.24. The summed E-state index contributed by atoms with van der Waals surface area (Å²) < 4.78 is 0. The molecule has 0 saturated heterocycles. The topological polar surface area (TPSA) is 63.8 Å². The van der Waals surface area contributed by atoms with E-state index in [9.17, 15) is 0 Å². The van der Waals surface area contributed by atoms with Gasteiger partial charge in [-0.05, 0) is 50.9 Å². The predicted molar refractivity (Wildman–Crippen MR) is 68.8 cm³/mol. The van der Waals surface area contributed by atoms with Crippen LogP contribution in [0.2, 0.25) is 0 Å². The molecular formula is C13H20N4. The van der Waals surface area contributed by atoms with E-state index in [1.54, 1.807) is 0 Å². The van der Waals surface area contributed by atoms with Crippen LogP contribution in [0.5, 0.6) is 0 Å². The van der Waals surface area contributed by atoms with Gasteiger partial charge in [0.05, 0.1) is 0 Å². The summed E-state index contributed by atoms with van der Waals surface area (Å²) in [7, 11) is 0. The monoisotopic (exact) mass is 232 g/mol. The molecule has 0 radical (unpaired) electrons. The zero-order chi connectivity index (χ0) is 12.0. The Morgan fingerprint density at radius 1 is 1.29 bits per heavy atom. The summed E-state index contributed by atoms with van der Waals surface area (Å²) in [6.45, 7) is 4.91. The molecular weight excluding hydrogens is 212 g/mol. The van der Waals surface area contributed by atoms with Crippen molar-refractivity contribution in [3.63, 3.8) is 0 Å². The number of rotatable bonds is 4. The molecule has 2 fully saturated rings. The molecule has 2 saturated carbocycles. The molecule has 0 aliphatic heterocycles. The van der Waals surface area contributed by atoms with Crippen LogP contribution < -0.4 is 11.1 Å². The van der Waals surface area contributed by atoms with Gasteiger partial charge in [-0.15, -0.1) is 0 Å². The average molecular weight is 232 g/mol. The van der Waals surface area contributed by atoms with Crippen molar-refractivity contribution in [2.75, 3.05) is 17.6 Å². The van der Waals surface area contributed by atoms with Gasteiger partial charge in [0.15, 0.2) is 0 Å². The highest BCUT2D eigenvalue weighted by Gasteiger charge is 2.53. The lowest BCUT2D eigenvalue weighted by molar-refractivity contribution is 0.466. The lowest BCUT2D eigenvalue weighted by atomic mass is 10.0. The molecule has 0 aromatic carbocycles. The van der Waals surface area contributed by atoms with Crippen molar-refractivity contribution >= 4 is 11.6 Å². The van der Waals surface area contributed by atoms with Gasteiger partial charge in [0.2, 0.25) is 0 Å².